The second kappa shape index (κ2) is 6.32. The Kier molecular flexibility index (Phi) is 4.50. The van der Waals surface area contributed by atoms with E-state index in [1.54, 1.807) is 12.1 Å². The van der Waals surface area contributed by atoms with Crippen molar-refractivity contribution in [1.82, 2.24) is 0 Å². The van der Waals surface area contributed by atoms with Gasteiger partial charge in [-0.25, -0.2) is 0 Å². The average molecular weight is 278 g/mol. The van der Waals surface area contributed by atoms with E-state index >= 15 is 0 Å². The number of ketones is 1. The van der Waals surface area contributed by atoms with Crippen LogP contribution in [0.4, 0.5) is 0 Å². The molecule has 0 atom stereocenters. The first kappa shape index (κ1) is 14.2. The molecule has 1 aliphatic rings. The molecule has 0 saturated heterocycles. The van der Waals surface area contributed by atoms with Crippen LogP contribution >= 0.6 is 0 Å². The minimum absolute atomic E-state index is 0.109. The van der Waals surface area contributed by atoms with Crippen LogP contribution in [0.1, 0.15) is 23.2 Å². The van der Waals surface area contributed by atoms with Gasteiger partial charge in [-0.15, -0.1) is 0 Å². The fourth-order valence-electron chi connectivity index (χ4n) is 2.11. The fraction of sp³-hybridized carbons (Fsp3) is 0.400. The average Bonchev–Trinajstić information content (AvgIpc) is 2.53. The third kappa shape index (κ3) is 2.71. The maximum absolute atomic E-state index is 12.5. The number of carbonyl (C=O) groups is 1. The van der Waals surface area contributed by atoms with Crippen LogP contribution in [-0.4, -0.2) is 33.7 Å². The predicted octanol–water partition coefficient (Wildman–Crippen LogP) is 2.59. The molecule has 0 unspecified atom stereocenters. The summed E-state index contributed by atoms with van der Waals surface area (Å²) >= 11 is 0. The molecule has 0 amide bonds. The molecule has 1 heterocycles. The Hall–Kier alpha value is -2.17. The van der Waals surface area contributed by atoms with Gasteiger partial charge in [-0.3, -0.25) is 4.79 Å². The molecule has 0 aromatic heterocycles. The maximum atomic E-state index is 12.5. The van der Waals surface area contributed by atoms with Crippen LogP contribution in [0.3, 0.4) is 0 Å². The minimum Gasteiger partial charge on any atom is -0.501 e. The smallest absolute Gasteiger partial charge is 0.195 e. The summed E-state index contributed by atoms with van der Waals surface area (Å²) in [4.78, 5) is 12.5. The molecule has 1 aromatic carbocycles. The molecule has 108 valence electrons. The number of hydrogen-bond acceptors (Lipinski definition) is 5. The van der Waals surface area contributed by atoms with Gasteiger partial charge in [-0.1, -0.05) is 0 Å². The first-order chi connectivity index (χ1) is 9.71. The van der Waals surface area contributed by atoms with Crippen molar-refractivity contribution >= 4 is 5.78 Å². The molecule has 0 radical (unpaired) electrons. The first-order valence-electron chi connectivity index (χ1n) is 6.36. The molecule has 5 heteroatoms. The molecule has 0 saturated carbocycles. The number of methoxy groups -OCH3 is 3. The molecule has 0 N–H and O–H groups in total. The monoisotopic (exact) mass is 278 g/mol. The summed E-state index contributed by atoms with van der Waals surface area (Å²) in [5.74, 6) is 1.37. The Labute approximate surface area is 118 Å². The topological polar surface area (TPSA) is 54.0 Å². The van der Waals surface area contributed by atoms with Gasteiger partial charge in [0, 0.05) is 11.6 Å². The van der Waals surface area contributed by atoms with Crippen LogP contribution in [-0.2, 0) is 4.74 Å². The SMILES string of the molecule is COc1cc(OC)c(C(=O)C2=COCCC2)cc1OC. The van der Waals surface area contributed by atoms with E-state index in [-0.39, 0.29) is 5.78 Å². The van der Waals surface area contributed by atoms with Gasteiger partial charge in [-0.05, 0) is 18.9 Å². The van der Waals surface area contributed by atoms with Crippen molar-refractivity contribution in [2.24, 2.45) is 0 Å². The Balaban J connectivity index is 2.43. The molecule has 0 bridgehead atoms. The van der Waals surface area contributed by atoms with E-state index in [0.29, 0.717) is 41.4 Å². The number of Topliss-reactive ketones (excluding diaryl/α,β-unsaturated/α-hetero) is 1. The number of carbonyl (C=O) groups excluding carboxylic acids is 1. The summed E-state index contributed by atoms with van der Waals surface area (Å²) in [5, 5.41) is 0. The number of ether oxygens (including phenoxy) is 4. The Morgan fingerprint density at radius 2 is 1.70 bits per heavy atom. The van der Waals surface area contributed by atoms with E-state index < -0.39 is 0 Å². The number of allylic oxidation sites excluding steroid dienone is 1. The van der Waals surface area contributed by atoms with Crippen LogP contribution < -0.4 is 14.2 Å². The van der Waals surface area contributed by atoms with Crippen LogP contribution in [0.5, 0.6) is 17.2 Å². The molecular formula is C15H18O5. The number of hydrogen-bond donors (Lipinski definition) is 0. The summed E-state index contributed by atoms with van der Waals surface area (Å²) in [6.45, 7) is 0.653. The van der Waals surface area contributed by atoms with Gasteiger partial charge in [0.15, 0.2) is 17.3 Å². The van der Waals surface area contributed by atoms with E-state index in [0.717, 1.165) is 6.42 Å². The molecule has 0 aliphatic carbocycles. The van der Waals surface area contributed by atoms with Crippen molar-refractivity contribution in [2.45, 2.75) is 12.8 Å². The first-order valence-corrected chi connectivity index (χ1v) is 6.36. The highest BCUT2D eigenvalue weighted by molar-refractivity contribution is 6.10. The van der Waals surface area contributed by atoms with Gasteiger partial charge in [-0.2, -0.15) is 0 Å². The zero-order chi connectivity index (χ0) is 14.5. The fourth-order valence-corrected chi connectivity index (χ4v) is 2.11. The van der Waals surface area contributed by atoms with E-state index in [9.17, 15) is 4.79 Å². The van der Waals surface area contributed by atoms with E-state index in [4.69, 9.17) is 18.9 Å². The standard InChI is InChI=1S/C15H18O5/c1-17-12-8-14(19-3)13(18-2)7-11(12)15(16)10-5-4-6-20-9-10/h7-9H,4-6H2,1-3H3. The van der Waals surface area contributed by atoms with Crippen LogP contribution in [0.15, 0.2) is 24.0 Å². The molecule has 5 nitrogen and oxygen atoms in total. The van der Waals surface area contributed by atoms with Gasteiger partial charge in [0.2, 0.25) is 0 Å². The van der Waals surface area contributed by atoms with Crippen molar-refractivity contribution in [3.8, 4) is 17.2 Å². The maximum Gasteiger partial charge on any atom is 0.195 e. The zero-order valence-corrected chi connectivity index (χ0v) is 11.9. The second-order valence-corrected chi connectivity index (χ2v) is 4.35. The van der Waals surface area contributed by atoms with Gasteiger partial charge in [0.05, 0.1) is 39.8 Å². The minimum atomic E-state index is -0.109. The van der Waals surface area contributed by atoms with Gasteiger partial charge >= 0.3 is 0 Å². The highest BCUT2D eigenvalue weighted by Crippen LogP contribution is 2.36. The van der Waals surface area contributed by atoms with Crippen molar-refractivity contribution in [2.75, 3.05) is 27.9 Å². The second-order valence-electron chi connectivity index (χ2n) is 4.35. The molecule has 20 heavy (non-hydrogen) atoms. The molecule has 1 aromatic rings. The highest BCUT2D eigenvalue weighted by atomic mass is 16.5. The lowest BCUT2D eigenvalue weighted by Gasteiger charge is -2.16. The van der Waals surface area contributed by atoms with E-state index in [1.165, 1.54) is 27.6 Å². The van der Waals surface area contributed by atoms with Gasteiger partial charge < -0.3 is 18.9 Å². The number of benzene rings is 1. The van der Waals surface area contributed by atoms with Crippen molar-refractivity contribution in [3.05, 3.63) is 29.5 Å². The van der Waals surface area contributed by atoms with Crippen LogP contribution in [0, 0.1) is 0 Å². The predicted molar refractivity (Wildman–Crippen MR) is 73.7 cm³/mol. The van der Waals surface area contributed by atoms with Crippen LogP contribution in [0.25, 0.3) is 0 Å². The molecule has 0 spiro atoms. The Bertz CT molecular complexity index is 533. The molecule has 1 aliphatic heterocycles. The third-order valence-electron chi connectivity index (χ3n) is 3.18. The Morgan fingerprint density at radius 3 is 2.25 bits per heavy atom. The van der Waals surface area contributed by atoms with Crippen molar-refractivity contribution in [1.29, 1.82) is 0 Å². The van der Waals surface area contributed by atoms with E-state index in [1.807, 2.05) is 0 Å². The van der Waals surface area contributed by atoms with Crippen molar-refractivity contribution in [3.63, 3.8) is 0 Å². The van der Waals surface area contributed by atoms with E-state index in [2.05, 4.69) is 0 Å². The molecule has 2 rings (SSSR count). The lowest BCUT2D eigenvalue weighted by Crippen LogP contribution is -2.11. The zero-order valence-electron chi connectivity index (χ0n) is 11.9. The largest absolute Gasteiger partial charge is 0.501 e. The number of rotatable bonds is 5. The summed E-state index contributed by atoms with van der Waals surface area (Å²) in [7, 11) is 4.58. The van der Waals surface area contributed by atoms with Crippen molar-refractivity contribution < 1.29 is 23.7 Å². The lowest BCUT2D eigenvalue weighted by atomic mass is 9.98. The van der Waals surface area contributed by atoms with Gasteiger partial charge in [0.1, 0.15) is 5.75 Å². The summed E-state index contributed by atoms with van der Waals surface area (Å²) in [6.07, 6.45) is 3.07. The Morgan fingerprint density at radius 1 is 1.05 bits per heavy atom. The molecular weight excluding hydrogens is 260 g/mol. The lowest BCUT2D eigenvalue weighted by molar-refractivity contribution is 0.101. The third-order valence-corrected chi connectivity index (χ3v) is 3.18. The summed E-state index contributed by atoms with van der Waals surface area (Å²) in [6, 6.07) is 3.28. The van der Waals surface area contributed by atoms with Gasteiger partial charge in [0.25, 0.3) is 0 Å². The molecule has 0 fully saturated rings. The highest BCUT2D eigenvalue weighted by Gasteiger charge is 2.22. The summed E-state index contributed by atoms with van der Waals surface area (Å²) in [5.41, 5.74) is 1.09. The normalized spacial score (nSPS) is 14.1. The summed E-state index contributed by atoms with van der Waals surface area (Å²) < 4.78 is 20.9. The quantitative estimate of drug-likeness (QED) is 0.775. The van der Waals surface area contributed by atoms with Crippen LogP contribution in [0.2, 0.25) is 0 Å².